The highest BCUT2D eigenvalue weighted by Crippen LogP contribution is 2.00. The summed E-state index contributed by atoms with van der Waals surface area (Å²) in [6.45, 7) is 8.06. The standard InChI is InChI=1S/C11H21N3/c1-3-6-14(7-4-2)8-5-11-9-12-13-10-11/h9-10H,3-8H2,1-2H3,(H,12,13). The molecule has 0 spiro atoms. The second-order valence-electron chi connectivity index (χ2n) is 3.70. The van der Waals surface area contributed by atoms with E-state index in [4.69, 9.17) is 0 Å². The van der Waals surface area contributed by atoms with E-state index in [9.17, 15) is 0 Å². The molecule has 0 aliphatic rings. The Morgan fingerprint density at radius 1 is 1.21 bits per heavy atom. The van der Waals surface area contributed by atoms with Gasteiger partial charge in [0.1, 0.15) is 0 Å². The zero-order valence-electron chi connectivity index (χ0n) is 9.29. The summed E-state index contributed by atoms with van der Waals surface area (Å²) in [5.74, 6) is 0. The summed E-state index contributed by atoms with van der Waals surface area (Å²) in [4.78, 5) is 2.52. The fraction of sp³-hybridized carbons (Fsp3) is 0.727. The minimum absolute atomic E-state index is 1.11. The lowest BCUT2D eigenvalue weighted by atomic mass is 10.2. The first-order valence-corrected chi connectivity index (χ1v) is 5.56. The largest absolute Gasteiger partial charge is 0.303 e. The van der Waals surface area contributed by atoms with Gasteiger partial charge in [-0.2, -0.15) is 5.10 Å². The molecule has 3 nitrogen and oxygen atoms in total. The number of rotatable bonds is 7. The lowest BCUT2D eigenvalue weighted by Gasteiger charge is -2.20. The van der Waals surface area contributed by atoms with E-state index in [0.29, 0.717) is 0 Å². The molecule has 14 heavy (non-hydrogen) atoms. The third kappa shape index (κ3) is 3.92. The van der Waals surface area contributed by atoms with Gasteiger partial charge in [-0.1, -0.05) is 13.8 Å². The van der Waals surface area contributed by atoms with Crippen molar-refractivity contribution in [1.29, 1.82) is 0 Å². The molecule has 0 saturated heterocycles. The first kappa shape index (κ1) is 11.2. The first-order valence-electron chi connectivity index (χ1n) is 5.56. The van der Waals surface area contributed by atoms with Crippen LogP contribution in [-0.4, -0.2) is 34.7 Å². The Morgan fingerprint density at radius 3 is 2.43 bits per heavy atom. The Kier molecular flexibility index (Phi) is 5.30. The van der Waals surface area contributed by atoms with Gasteiger partial charge >= 0.3 is 0 Å². The predicted octanol–water partition coefficient (Wildman–Crippen LogP) is 2.07. The lowest BCUT2D eigenvalue weighted by Crippen LogP contribution is -2.27. The first-order chi connectivity index (χ1) is 6.86. The maximum absolute atomic E-state index is 3.95. The van der Waals surface area contributed by atoms with E-state index in [1.165, 1.54) is 31.5 Å². The third-order valence-electron chi connectivity index (χ3n) is 2.35. The molecule has 0 aliphatic heterocycles. The normalized spacial score (nSPS) is 11.1. The number of nitrogens with zero attached hydrogens (tertiary/aromatic N) is 2. The molecular weight excluding hydrogens is 174 g/mol. The molecule has 1 heterocycles. The van der Waals surface area contributed by atoms with Crippen molar-refractivity contribution in [3.05, 3.63) is 18.0 Å². The third-order valence-corrected chi connectivity index (χ3v) is 2.35. The van der Waals surface area contributed by atoms with Crippen molar-refractivity contribution in [2.45, 2.75) is 33.1 Å². The molecule has 0 bridgehead atoms. The van der Waals surface area contributed by atoms with E-state index >= 15 is 0 Å². The van der Waals surface area contributed by atoms with Gasteiger partial charge in [-0.25, -0.2) is 0 Å². The summed E-state index contributed by atoms with van der Waals surface area (Å²) in [6.07, 6.45) is 7.49. The molecule has 0 radical (unpaired) electrons. The Bertz CT molecular complexity index is 212. The van der Waals surface area contributed by atoms with E-state index in [0.717, 1.165) is 13.0 Å². The van der Waals surface area contributed by atoms with Crippen molar-refractivity contribution >= 4 is 0 Å². The molecule has 0 amide bonds. The van der Waals surface area contributed by atoms with E-state index in [2.05, 4.69) is 28.9 Å². The average Bonchev–Trinajstić information content (AvgIpc) is 2.67. The van der Waals surface area contributed by atoms with Gasteiger partial charge in [0.05, 0.1) is 6.20 Å². The van der Waals surface area contributed by atoms with Crippen LogP contribution >= 0.6 is 0 Å². The second-order valence-corrected chi connectivity index (χ2v) is 3.70. The highest BCUT2D eigenvalue weighted by atomic mass is 15.1. The van der Waals surface area contributed by atoms with Gasteiger partial charge in [-0.15, -0.1) is 0 Å². The molecule has 1 aromatic rings. The van der Waals surface area contributed by atoms with Crippen molar-refractivity contribution in [1.82, 2.24) is 15.1 Å². The number of aromatic nitrogens is 2. The van der Waals surface area contributed by atoms with Crippen molar-refractivity contribution < 1.29 is 0 Å². The molecule has 3 heteroatoms. The smallest absolute Gasteiger partial charge is 0.0519 e. The summed E-state index contributed by atoms with van der Waals surface area (Å²) < 4.78 is 0. The van der Waals surface area contributed by atoms with Crippen molar-refractivity contribution in [2.75, 3.05) is 19.6 Å². The highest BCUT2D eigenvalue weighted by Gasteiger charge is 2.02. The van der Waals surface area contributed by atoms with Crippen LogP contribution in [0.25, 0.3) is 0 Å². The van der Waals surface area contributed by atoms with Gasteiger partial charge in [0.25, 0.3) is 0 Å². The van der Waals surface area contributed by atoms with Gasteiger partial charge in [0.15, 0.2) is 0 Å². The molecule has 0 atom stereocenters. The van der Waals surface area contributed by atoms with E-state index in [1.54, 1.807) is 0 Å². The fourth-order valence-corrected chi connectivity index (χ4v) is 1.67. The summed E-state index contributed by atoms with van der Waals surface area (Å²) >= 11 is 0. The summed E-state index contributed by atoms with van der Waals surface area (Å²) in [5.41, 5.74) is 1.31. The summed E-state index contributed by atoms with van der Waals surface area (Å²) in [5, 5.41) is 6.80. The zero-order chi connectivity index (χ0) is 10.2. The van der Waals surface area contributed by atoms with Gasteiger partial charge in [-0.05, 0) is 37.9 Å². The molecule has 80 valence electrons. The monoisotopic (exact) mass is 195 g/mol. The quantitative estimate of drug-likeness (QED) is 0.722. The van der Waals surface area contributed by atoms with Crippen LogP contribution in [0.2, 0.25) is 0 Å². The van der Waals surface area contributed by atoms with Crippen LogP contribution in [0.5, 0.6) is 0 Å². The van der Waals surface area contributed by atoms with Crippen LogP contribution in [-0.2, 0) is 6.42 Å². The molecule has 0 aliphatic carbocycles. The topological polar surface area (TPSA) is 31.9 Å². The van der Waals surface area contributed by atoms with Gasteiger partial charge < -0.3 is 4.90 Å². The molecular formula is C11H21N3. The number of aromatic amines is 1. The number of nitrogens with one attached hydrogen (secondary N) is 1. The molecule has 0 saturated carbocycles. The van der Waals surface area contributed by atoms with Crippen LogP contribution in [0.15, 0.2) is 12.4 Å². The maximum Gasteiger partial charge on any atom is 0.0519 e. The zero-order valence-corrected chi connectivity index (χ0v) is 9.29. The molecule has 1 aromatic heterocycles. The number of hydrogen-bond donors (Lipinski definition) is 1. The minimum Gasteiger partial charge on any atom is -0.303 e. The van der Waals surface area contributed by atoms with Gasteiger partial charge in [0.2, 0.25) is 0 Å². The van der Waals surface area contributed by atoms with E-state index in [1.807, 2.05) is 12.4 Å². The molecule has 0 unspecified atom stereocenters. The van der Waals surface area contributed by atoms with Gasteiger partial charge in [-0.3, -0.25) is 5.10 Å². The highest BCUT2D eigenvalue weighted by molar-refractivity contribution is 5.02. The SMILES string of the molecule is CCCN(CCC)CCc1cn[nH]c1. The summed E-state index contributed by atoms with van der Waals surface area (Å²) in [7, 11) is 0. The predicted molar refractivity (Wildman–Crippen MR) is 59.3 cm³/mol. The van der Waals surface area contributed by atoms with Crippen LogP contribution in [0.4, 0.5) is 0 Å². The molecule has 0 aromatic carbocycles. The van der Waals surface area contributed by atoms with Crippen molar-refractivity contribution in [2.24, 2.45) is 0 Å². The Morgan fingerprint density at radius 2 is 1.93 bits per heavy atom. The van der Waals surface area contributed by atoms with E-state index < -0.39 is 0 Å². The molecule has 0 fully saturated rings. The van der Waals surface area contributed by atoms with Crippen LogP contribution in [0, 0.1) is 0 Å². The average molecular weight is 195 g/mol. The molecule has 1 N–H and O–H groups in total. The molecule has 1 rings (SSSR count). The number of H-pyrrole nitrogens is 1. The Balaban J connectivity index is 2.25. The second kappa shape index (κ2) is 6.60. The Hall–Kier alpha value is -0.830. The fourth-order valence-electron chi connectivity index (χ4n) is 1.67. The lowest BCUT2D eigenvalue weighted by molar-refractivity contribution is 0.278. The van der Waals surface area contributed by atoms with Crippen LogP contribution in [0.3, 0.4) is 0 Å². The van der Waals surface area contributed by atoms with Crippen molar-refractivity contribution in [3.63, 3.8) is 0 Å². The summed E-state index contributed by atoms with van der Waals surface area (Å²) in [6, 6.07) is 0. The number of hydrogen-bond acceptors (Lipinski definition) is 2. The van der Waals surface area contributed by atoms with Crippen LogP contribution in [0.1, 0.15) is 32.3 Å². The maximum atomic E-state index is 3.95. The Labute approximate surface area is 86.5 Å². The van der Waals surface area contributed by atoms with Crippen molar-refractivity contribution in [3.8, 4) is 0 Å². The van der Waals surface area contributed by atoms with Gasteiger partial charge in [0, 0.05) is 12.7 Å². The van der Waals surface area contributed by atoms with E-state index in [-0.39, 0.29) is 0 Å². The van der Waals surface area contributed by atoms with Crippen LogP contribution < -0.4 is 0 Å². The minimum atomic E-state index is 1.11.